The number of carbonyl (C=O) groups excluding carboxylic acids is 1. The van der Waals surface area contributed by atoms with Gasteiger partial charge >= 0.3 is 0 Å². The summed E-state index contributed by atoms with van der Waals surface area (Å²) in [6, 6.07) is 13.8. The lowest BCUT2D eigenvalue weighted by Crippen LogP contribution is -2.27. The van der Waals surface area contributed by atoms with Crippen molar-refractivity contribution >= 4 is 40.3 Å². The molecule has 0 saturated carbocycles. The summed E-state index contributed by atoms with van der Waals surface area (Å²) in [5.74, 6) is 2.19. The third-order valence-corrected chi connectivity index (χ3v) is 6.73. The molecule has 0 radical (unpaired) electrons. The fraction of sp³-hybridized carbons (Fsp3) is 0.222. The van der Waals surface area contributed by atoms with Gasteiger partial charge in [-0.15, -0.1) is 11.8 Å². The zero-order valence-corrected chi connectivity index (χ0v) is 15.3. The molecule has 0 aromatic heterocycles. The molecule has 7 heteroatoms. The predicted octanol–water partition coefficient (Wildman–Crippen LogP) is 4.41. The van der Waals surface area contributed by atoms with Crippen LogP contribution in [0.15, 0.2) is 52.4 Å². The maximum Gasteiger partial charge on any atom is 0.285 e. The van der Waals surface area contributed by atoms with E-state index in [2.05, 4.69) is 11.4 Å². The Morgan fingerprint density at radius 1 is 1.04 bits per heavy atom. The molecule has 0 spiro atoms. The molecule has 4 rings (SSSR count). The van der Waals surface area contributed by atoms with Gasteiger partial charge in [0, 0.05) is 16.5 Å². The van der Waals surface area contributed by atoms with Crippen molar-refractivity contribution in [3.8, 4) is 11.5 Å². The second-order valence-corrected chi connectivity index (χ2v) is 7.86. The van der Waals surface area contributed by atoms with Gasteiger partial charge in [0.1, 0.15) is 17.3 Å². The van der Waals surface area contributed by atoms with Gasteiger partial charge in [-0.3, -0.25) is 4.79 Å². The number of hydrogen-bond donors (Lipinski definition) is 1. The molecule has 2 aliphatic heterocycles. The smallest absolute Gasteiger partial charge is 0.285 e. The molecular formula is C18H16N2O3S2. The number of nitrogens with one attached hydrogen (secondary N) is 1. The summed E-state index contributed by atoms with van der Waals surface area (Å²) in [5, 5.41) is 2.73. The highest BCUT2D eigenvalue weighted by molar-refractivity contribution is 8.16. The molecule has 2 atom stereocenters. The van der Waals surface area contributed by atoms with E-state index < -0.39 is 0 Å². The van der Waals surface area contributed by atoms with Gasteiger partial charge < -0.3 is 14.8 Å². The van der Waals surface area contributed by atoms with Crippen LogP contribution in [0.2, 0.25) is 0 Å². The van der Waals surface area contributed by atoms with E-state index in [4.69, 9.17) is 14.5 Å². The van der Waals surface area contributed by atoms with Gasteiger partial charge in [-0.1, -0.05) is 30.0 Å². The van der Waals surface area contributed by atoms with E-state index in [0.717, 1.165) is 27.6 Å². The summed E-state index contributed by atoms with van der Waals surface area (Å²) in [6.07, 6.45) is 0. The lowest BCUT2D eigenvalue weighted by Gasteiger charge is -2.22. The number of amides is 1. The second kappa shape index (κ2) is 6.65. The Bertz CT molecular complexity index is 869. The molecule has 2 heterocycles. The molecule has 0 bridgehead atoms. The minimum Gasteiger partial charge on any atom is -0.497 e. The van der Waals surface area contributed by atoms with E-state index in [1.807, 2.05) is 36.4 Å². The number of hydrogen-bond acceptors (Lipinski definition) is 6. The number of benzene rings is 2. The molecule has 1 fully saturated rings. The van der Waals surface area contributed by atoms with E-state index >= 15 is 0 Å². The summed E-state index contributed by atoms with van der Waals surface area (Å²) in [6.45, 7) is 0. The van der Waals surface area contributed by atoms with Gasteiger partial charge in [-0.2, -0.15) is 0 Å². The summed E-state index contributed by atoms with van der Waals surface area (Å²) in [4.78, 5) is 17.8. The van der Waals surface area contributed by atoms with Crippen molar-refractivity contribution in [1.82, 2.24) is 5.32 Å². The monoisotopic (exact) mass is 372 g/mol. The number of nitrogens with zero attached hydrogens (tertiary/aromatic N) is 1. The quantitative estimate of drug-likeness (QED) is 0.865. The van der Waals surface area contributed by atoms with Crippen molar-refractivity contribution < 1.29 is 14.3 Å². The number of ether oxygens (including phenoxy) is 2. The van der Waals surface area contributed by atoms with Crippen LogP contribution in [-0.2, 0) is 0 Å². The zero-order valence-electron chi connectivity index (χ0n) is 13.7. The Balaban J connectivity index is 1.84. The van der Waals surface area contributed by atoms with E-state index in [1.165, 1.54) is 11.8 Å². The maximum atomic E-state index is 12.0. The fourth-order valence-corrected chi connectivity index (χ4v) is 5.39. The highest BCUT2D eigenvalue weighted by Gasteiger charge is 2.40. The molecule has 2 aliphatic rings. The number of rotatable bonds is 3. The molecule has 1 saturated heterocycles. The molecule has 25 heavy (non-hydrogen) atoms. The Hall–Kier alpha value is -2.12. The maximum absolute atomic E-state index is 12.0. The molecule has 1 amide bonds. The largest absolute Gasteiger partial charge is 0.497 e. The Morgan fingerprint density at radius 2 is 1.88 bits per heavy atom. The van der Waals surface area contributed by atoms with Gasteiger partial charge in [0.05, 0.1) is 30.4 Å². The van der Waals surface area contributed by atoms with Crippen LogP contribution in [-0.4, -0.2) is 30.5 Å². The molecule has 128 valence electrons. The summed E-state index contributed by atoms with van der Waals surface area (Å²) >= 11 is 2.98. The van der Waals surface area contributed by atoms with Crippen LogP contribution in [0.4, 0.5) is 10.5 Å². The van der Waals surface area contributed by atoms with Gasteiger partial charge in [-0.05, 0) is 18.2 Å². The van der Waals surface area contributed by atoms with Crippen molar-refractivity contribution in [2.75, 3.05) is 14.2 Å². The third-order valence-electron chi connectivity index (χ3n) is 4.12. The SMILES string of the molecule is COc1ccc(C2Sc3ccccc3N=C3NC(=O)SC32)c(OC)c1. The average Bonchev–Trinajstić information content (AvgIpc) is 2.93. The van der Waals surface area contributed by atoms with Gasteiger partial charge in [0.2, 0.25) is 0 Å². The van der Waals surface area contributed by atoms with Crippen molar-refractivity contribution in [1.29, 1.82) is 0 Å². The average molecular weight is 372 g/mol. The van der Waals surface area contributed by atoms with Crippen LogP contribution in [0.5, 0.6) is 11.5 Å². The minimum absolute atomic E-state index is 0.00722. The number of thioether (sulfide) groups is 2. The van der Waals surface area contributed by atoms with Crippen LogP contribution in [0.25, 0.3) is 0 Å². The lowest BCUT2D eigenvalue weighted by atomic mass is 10.1. The molecule has 1 N–H and O–H groups in total. The number of fused-ring (bicyclic) bond motifs is 2. The van der Waals surface area contributed by atoms with E-state index in [0.29, 0.717) is 5.84 Å². The number of methoxy groups -OCH3 is 2. The van der Waals surface area contributed by atoms with Crippen molar-refractivity contribution in [3.63, 3.8) is 0 Å². The molecule has 2 unspecified atom stereocenters. The Morgan fingerprint density at radius 3 is 2.68 bits per heavy atom. The van der Waals surface area contributed by atoms with Crippen LogP contribution >= 0.6 is 23.5 Å². The van der Waals surface area contributed by atoms with E-state index in [1.54, 1.807) is 26.0 Å². The number of amidine groups is 1. The van der Waals surface area contributed by atoms with Crippen molar-refractivity contribution in [2.45, 2.75) is 15.4 Å². The standard InChI is InChI=1S/C18H16N2O3S2/c1-22-10-7-8-11(13(9-10)23-2)15-16-17(20-18(21)25-16)19-12-5-3-4-6-14(12)24-15/h3-9,15-16H,1-2H3,(H,19,20,21). The predicted molar refractivity (Wildman–Crippen MR) is 102 cm³/mol. The Kier molecular flexibility index (Phi) is 4.35. The molecule has 2 aromatic rings. The van der Waals surface area contributed by atoms with Crippen LogP contribution in [0.3, 0.4) is 0 Å². The molecule has 0 aliphatic carbocycles. The lowest BCUT2D eigenvalue weighted by molar-refractivity contribution is 0.265. The summed E-state index contributed by atoms with van der Waals surface area (Å²) < 4.78 is 10.9. The number of carbonyl (C=O) groups is 1. The van der Waals surface area contributed by atoms with Gasteiger partial charge in [0.15, 0.2) is 0 Å². The highest BCUT2D eigenvalue weighted by Crippen LogP contribution is 2.51. The van der Waals surface area contributed by atoms with Gasteiger partial charge in [-0.25, -0.2) is 4.99 Å². The highest BCUT2D eigenvalue weighted by atomic mass is 32.2. The van der Waals surface area contributed by atoms with E-state index in [-0.39, 0.29) is 15.7 Å². The zero-order chi connectivity index (χ0) is 17.4. The second-order valence-electron chi connectivity index (χ2n) is 5.56. The first-order valence-corrected chi connectivity index (χ1v) is 9.49. The summed E-state index contributed by atoms with van der Waals surface area (Å²) in [7, 11) is 3.28. The topological polar surface area (TPSA) is 59.9 Å². The van der Waals surface area contributed by atoms with E-state index in [9.17, 15) is 4.79 Å². The van der Waals surface area contributed by atoms with Crippen LogP contribution in [0, 0.1) is 0 Å². The Labute approximate surface area is 154 Å². The van der Waals surface area contributed by atoms with Crippen molar-refractivity contribution in [2.24, 2.45) is 4.99 Å². The van der Waals surface area contributed by atoms with Crippen molar-refractivity contribution in [3.05, 3.63) is 48.0 Å². The van der Waals surface area contributed by atoms with Crippen LogP contribution < -0.4 is 14.8 Å². The molecular weight excluding hydrogens is 356 g/mol. The number of aliphatic imine (C=N–C) groups is 1. The summed E-state index contributed by atoms with van der Waals surface area (Å²) in [5.41, 5.74) is 1.90. The molecule has 2 aromatic carbocycles. The van der Waals surface area contributed by atoms with Gasteiger partial charge in [0.25, 0.3) is 5.24 Å². The minimum atomic E-state index is -0.0906. The first-order valence-electron chi connectivity index (χ1n) is 7.73. The number of para-hydroxylation sites is 1. The van der Waals surface area contributed by atoms with Crippen LogP contribution in [0.1, 0.15) is 10.8 Å². The third kappa shape index (κ3) is 2.98. The molecule has 5 nitrogen and oxygen atoms in total. The first kappa shape index (κ1) is 16.4. The normalized spacial score (nSPS) is 21.5. The fourth-order valence-electron chi connectivity index (χ4n) is 2.93. The first-order chi connectivity index (χ1) is 12.2.